The summed E-state index contributed by atoms with van der Waals surface area (Å²) in [6.07, 6.45) is 0. The third-order valence-corrected chi connectivity index (χ3v) is 10.6. The van der Waals surface area contributed by atoms with Crippen molar-refractivity contribution in [3.8, 4) is 5.75 Å². The largest absolute Gasteiger partial charge is 0.493 e. The van der Waals surface area contributed by atoms with Crippen LogP contribution in [0.25, 0.3) is 0 Å². The van der Waals surface area contributed by atoms with Crippen LogP contribution in [0, 0.1) is 5.82 Å². The Kier molecular flexibility index (Phi) is 6.61. The Morgan fingerprint density at radius 2 is 1.41 bits per heavy atom. The van der Waals surface area contributed by atoms with Crippen molar-refractivity contribution in [2.24, 2.45) is 0 Å². The fraction of sp³-hybridized carbons (Fsp3) is 0.250. The van der Waals surface area contributed by atoms with E-state index in [2.05, 4.69) is 85.2 Å². The molecule has 0 fully saturated rings. The van der Waals surface area contributed by atoms with Crippen LogP contribution in [0.3, 0.4) is 0 Å². The van der Waals surface area contributed by atoms with Crippen LogP contribution < -0.4 is 15.1 Å². The predicted octanol–water partition coefficient (Wildman–Crippen LogP) is 5.67. The molecule has 152 valence electrons. The third kappa shape index (κ3) is 4.32. The van der Waals surface area contributed by atoms with E-state index in [4.69, 9.17) is 9.16 Å². The highest BCUT2D eigenvalue weighted by Crippen LogP contribution is 2.38. The molecule has 2 nitrogen and oxygen atoms in total. The molecular formula is C24H26BrFO2Si. The van der Waals surface area contributed by atoms with E-state index in [0.29, 0.717) is 10.0 Å². The summed E-state index contributed by atoms with van der Waals surface area (Å²) < 4.78 is 27.3. The molecule has 0 atom stereocenters. The van der Waals surface area contributed by atoms with Crippen molar-refractivity contribution in [3.63, 3.8) is 0 Å². The molecule has 0 unspecified atom stereocenters. The van der Waals surface area contributed by atoms with E-state index in [1.54, 1.807) is 0 Å². The second-order valence-electron chi connectivity index (χ2n) is 8.03. The number of benzene rings is 3. The maximum Gasteiger partial charge on any atom is 0.261 e. The second-order valence-corrected chi connectivity index (χ2v) is 13.3. The maximum atomic E-state index is 14.4. The molecule has 0 N–H and O–H groups in total. The van der Waals surface area contributed by atoms with Gasteiger partial charge >= 0.3 is 0 Å². The van der Waals surface area contributed by atoms with Crippen molar-refractivity contribution in [3.05, 3.63) is 88.6 Å². The molecule has 0 aliphatic carbocycles. The van der Waals surface area contributed by atoms with Crippen LogP contribution in [0.15, 0.2) is 77.3 Å². The summed E-state index contributed by atoms with van der Waals surface area (Å²) >= 11 is 3.39. The van der Waals surface area contributed by atoms with E-state index in [1.807, 2.05) is 18.2 Å². The van der Waals surface area contributed by atoms with Crippen molar-refractivity contribution in [2.75, 3.05) is 7.11 Å². The average molecular weight is 473 g/mol. The summed E-state index contributed by atoms with van der Waals surface area (Å²) in [5, 5.41) is 2.23. The Hall–Kier alpha value is -1.95. The van der Waals surface area contributed by atoms with Gasteiger partial charge in [-0.25, -0.2) is 4.39 Å². The summed E-state index contributed by atoms with van der Waals surface area (Å²) in [5.74, 6) is -0.172. The summed E-state index contributed by atoms with van der Waals surface area (Å²) in [5.41, 5.74) is 0.687. The first-order valence-corrected chi connectivity index (χ1v) is 12.3. The van der Waals surface area contributed by atoms with Gasteiger partial charge in [0.1, 0.15) is 0 Å². The Morgan fingerprint density at radius 1 is 0.897 bits per heavy atom. The molecule has 0 spiro atoms. The molecule has 0 amide bonds. The molecule has 0 bridgehead atoms. The van der Waals surface area contributed by atoms with Crippen LogP contribution in [-0.2, 0) is 11.0 Å². The minimum Gasteiger partial charge on any atom is -0.493 e. The highest BCUT2D eigenvalue weighted by Gasteiger charge is 2.50. The third-order valence-electron chi connectivity index (χ3n) is 5.15. The first kappa shape index (κ1) is 21.7. The van der Waals surface area contributed by atoms with E-state index < -0.39 is 14.1 Å². The Labute approximate surface area is 181 Å². The van der Waals surface area contributed by atoms with Crippen LogP contribution in [0.4, 0.5) is 4.39 Å². The molecule has 0 saturated carbocycles. The lowest BCUT2D eigenvalue weighted by molar-refractivity contribution is 0.275. The minimum atomic E-state index is -2.70. The lowest BCUT2D eigenvalue weighted by Crippen LogP contribution is -2.66. The van der Waals surface area contributed by atoms with Crippen LogP contribution in [0.2, 0.25) is 5.04 Å². The molecule has 0 heterocycles. The zero-order valence-electron chi connectivity index (χ0n) is 17.2. The molecule has 0 aromatic heterocycles. The molecule has 0 aliphatic heterocycles. The van der Waals surface area contributed by atoms with E-state index in [0.717, 1.165) is 0 Å². The number of halogens is 2. The van der Waals surface area contributed by atoms with E-state index in [1.165, 1.54) is 23.5 Å². The average Bonchev–Trinajstić information content (AvgIpc) is 2.69. The lowest BCUT2D eigenvalue weighted by Gasteiger charge is -2.43. The first-order chi connectivity index (χ1) is 13.8. The quantitative estimate of drug-likeness (QED) is 0.430. The highest BCUT2D eigenvalue weighted by molar-refractivity contribution is 9.10. The van der Waals surface area contributed by atoms with Gasteiger partial charge in [0.15, 0.2) is 11.6 Å². The normalized spacial score (nSPS) is 12.1. The van der Waals surface area contributed by atoms with E-state index >= 15 is 0 Å². The molecule has 0 aliphatic rings. The van der Waals surface area contributed by atoms with Gasteiger partial charge in [-0.05, 0) is 27.5 Å². The topological polar surface area (TPSA) is 18.5 Å². The van der Waals surface area contributed by atoms with Gasteiger partial charge in [-0.1, -0.05) is 97.4 Å². The molecule has 5 heteroatoms. The zero-order chi connectivity index (χ0) is 21.1. The van der Waals surface area contributed by atoms with Gasteiger partial charge in [0, 0.05) is 10.0 Å². The molecule has 0 radical (unpaired) electrons. The van der Waals surface area contributed by atoms with E-state index in [9.17, 15) is 4.39 Å². The van der Waals surface area contributed by atoms with Crippen molar-refractivity contribution < 1.29 is 13.6 Å². The highest BCUT2D eigenvalue weighted by atomic mass is 79.9. The number of ether oxygens (including phenoxy) is 1. The van der Waals surface area contributed by atoms with Crippen molar-refractivity contribution >= 4 is 34.6 Å². The van der Waals surface area contributed by atoms with Gasteiger partial charge in [0.05, 0.1) is 13.7 Å². The lowest BCUT2D eigenvalue weighted by atomic mass is 10.2. The number of methoxy groups -OCH3 is 1. The monoisotopic (exact) mass is 472 g/mol. The fourth-order valence-corrected chi connectivity index (χ4v) is 8.90. The summed E-state index contributed by atoms with van der Waals surface area (Å²) in [4.78, 5) is 0. The summed E-state index contributed by atoms with van der Waals surface area (Å²) in [7, 11) is -1.21. The molecular weight excluding hydrogens is 447 g/mol. The standard InChI is InChI=1S/C24H26BrFO2Si/c1-24(2,3)29(20-11-7-5-8-12-20,21-13-9-6-10-14-21)28-17-18-15-19(25)16-22(26)23(18)27-4/h5-16H,17H2,1-4H3. The maximum absolute atomic E-state index is 14.4. The molecule has 3 rings (SSSR count). The van der Waals surface area contributed by atoms with Crippen molar-refractivity contribution in [2.45, 2.75) is 32.4 Å². The van der Waals surface area contributed by atoms with Gasteiger partial charge in [-0.3, -0.25) is 0 Å². The van der Waals surface area contributed by atoms with Gasteiger partial charge in [0.25, 0.3) is 8.32 Å². The van der Waals surface area contributed by atoms with Crippen LogP contribution in [0.1, 0.15) is 26.3 Å². The SMILES string of the molecule is COc1c(F)cc(Br)cc1CO[Si](c1ccccc1)(c1ccccc1)C(C)(C)C. The minimum absolute atomic E-state index is 0.145. The number of rotatable bonds is 6. The molecule has 29 heavy (non-hydrogen) atoms. The van der Waals surface area contributed by atoms with Gasteiger partial charge < -0.3 is 9.16 Å². The predicted molar refractivity (Wildman–Crippen MR) is 123 cm³/mol. The Balaban J connectivity index is 2.15. The Bertz CT molecular complexity index is 916. The van der Waals surface area contributed by atoms with Crippen LogP contribution in [0.5, 0.6) is 5.75 Å². The Morgan fingerprint density at radius 3 is 1.86 bits per heavy atom. The van der Waals surface area contributed by atoms with Gasteiger partial charge in [0.2, 0.25) is 0 Å². The second kappa shape index (κ2) is 8.82. The summed E-state index contributed by atoms with van der Waals surface area (Å²) in [6, 6.07) is 24.1. The fourth-order valence-electron chi connectivity index (χ4n) is 3.90. The molecule has 3 aromatic carbocycles. The van der Waals surface area contributed by atoms with Crippen molar-refractivity contribution in [1.82, 2.24) is 0 Å². The van der Waals surface area contributed by atoms with Gasteiger partial charge in [-0.2, -0.15) is 0 Å². The molecule has 3 aromatic rings. The number of hydrogen-bond donors (Lipinski definition) is 0. The number of hydrogen-bond acceptors (Lipinski definition) is 2. The van der Waals surface area contributed by atoms with Crippen LogP contribution in [-0.4, -0.2) is 15.4 Å². The van der Waals surface area contributed by atoms with Gasteiger partial charge in [-0.15, -0.1) is 0 Å². The first-order valence-electron chi connectivity index (χ1n) is 9.56. The summed E-state index contributed by atoms with van der Waals surface area (Å²) in [6.45, 7) is 6.92. The van der Waals surface area contributed by atoms with E-state index in [-0.39, 0.29) is 17.4 Å². The zero-order valence-corrected chi connectivity index (χ0v) is 19.8. The van der Waals surface area contributed by atoms with Crippen LogP contribution >= 0.6 is 15.9 Å². The van der Waals surface area contributed by atoms with Crippen molar-refractivity contribution in [1.29, 1.82) is 0 Å². The smallest absolute Gasteiger partial charge is 0.261 e. The molecule has 0 saturated heterocycles.